The molecule has 17 heavy (non-hydrogen) atoms. The van der Waals surface area contributed by atoms with Crippen LogP contribution in [-0.2, 0) is 0 Å². The van der Waals surface area contributed by atoms with E-state index in [0.29, 0.717) is 11.0 Å². The van der Waals surface area contributed by atoms with Gasteiger partial charge in [-0.25, -0.2) is 4.98 Å². The summed E-state index contributed by atoms with van der Waals surface area (Å²) in [7, 11) is 0. The van der Waals surface area contributed by atoms with Gasteiger partial charge in [-0.1, -0.05) is 42.1 Å². The molecule has 1 aromatic heterocycles. The highest BCUT2D eigenvalue weighted by Crippen LogP contribution is 2.25. The van der Waals surface area contributed by atoms with Crippen molar-refractivity contribution in [3.05, 3.63) is 48.4 Å². The van der Waals surface area contributed by atoms with Gasteiger partial charge < -0.3 is 10.2 Å². The Bertz CT molecular complexity index is 470. The third-order valence-corrected chi connectivity index (χ3v) is 3.31. The first kappa shape index (κ1) is 11.7. The van der Waals surface area contributed by atoms with E-state index >= 15 is 0 Å². The zero-order chi connectivity index (χ0) is 12.1. The first-order valence-corrected chi connectivity index (χ1v) is 6.17. The molecule has 0 radical (unpaired) electrons. The molecular weight excluding hydrogens is 234 g/mol. The second kappa shape index (κ2) is 5.54. The molecular formula is C12H13N3OS. The first-order valence-electron chi connectivity index (χ1n) is 5.18. The van der Waals surface area contributed by atoms with Crippen molar-refractivity contribution in [2.45, 2.75) is 11.1 Å². The standard InChI is InChI=1S/C12H13N3OS/c13-11(14)10(9-4-2-1-3-5-9)8-17-12-15-6-7-16-12/h1-7,10H,8H2,(H3,13,14). The predicted molar refractivity (Wildman–Crippen MR) is 68.3 cm³/mol. The molecule has 1 unspecified atom stereocenters. The lowest BCUT2D eigenvalue weighted by atomic mass is 10.0. The third kappa shape index (κ3) is 3.10. The van der Waals surface area contributed by atoms with E-state index < -0.39 is 0 Å². The molecule has 3 N–H and O–H groups in total. The summed E-state index contributed by atoms with van der Waals surface area (Å²) >= 11 is 1.46. The minimum absolute atomic E-state index is 0.104. The number of oxazole rings is 1. The van der Waals surface area contributed by atoms with Crippen LogP contribution in [0.1, 0.15) is 11.5 Å². The highest BCUT2D eigenvalue weighted by Gasteiger charge is 2.16. The number of nitrogens with zero attached hydrogens (tertiary/aromatic N) is 1. The maximum atomic E-state index is 7.63. The van der Waals surface area contributed by atoms with Crippen molar-refractivity contribution in [2.24, 2.45) is 5.73 Å². The Morgan fingerprint density at radius 3 is 2.76 bits per heavy atom. The fourth-order valence-electron chi connectivity index (χ4n) is 1.49. The smallest absolute Gasteiger partial charge is 0.255 e. The van der Waals surface area contributed by atoms with Crippen molar-refractivity contribution in [3.8, 4) is 0 Å². The average Bonchev–Trinajstić information content (AvgIpc) is 2.83. The zero-order valence-corrected chi connectivity index (χ0v) is 9.98. The summed E-state index contributed by atoms with van der Waals surface area (Å²) in [5, 5.41) is 8.24. The number of thioether (sulfide) groups is 1. The number of rotatable bonds is 5. The second-order valence-corrected chi connectivity index (χ2v) is 4.50. The van der Waals surface area contributed by atoms with Crippen LogP contribution in [0.15, 0.2) is 52.4 Å². The summed E-state index contributed by atoms with van der Waals surface area (Å²) in [6.07, 6.45) is 3.14. The van der Waals surface area contributed by atoms with E-state index in [1.807, 2.05) is 30.3 Å². The van der Waals surface area contributed by atoms with E-state index in [-0.39, 0.29) is 11.8 Å². The Morgan fingerprint density at radius 1 is 1.41 bits per heavy atom. The van der Waals surface area contributed by atoms with Crippen LogP contribution in [0.2, 0.25) is 0 Å². The Balaban J connectivity index is 2.06. The molecule has 0 bridgehead atoms. The number of amidine groups is 1. The van der Waals surface area contributed by atoms with Gasteiger partial charge in [0.1, 0.15) is 6.26 Å². The van der Waals surface area contributed by atoms with Gasteiger partial charge in [-0.2, -0.15) is 0 Å². The predicted octanol–water partition coefficient (Wildman–Crippen LogP) is 2.49. The van der Waals surface area contributed by atoms with Crippen molar-refractivity contribution in [2.75, 3.05) is 5.75 Å². The second-order valence-electron chi connectivity index (χ2n) is 3.53. The van der Waals surface area contributed by atoms with Gasteiger partial charge in [-0.05, 0) is 5.56 Å². The molecule has 0 saturated carbocycles. The van der Waals surface area contributed by atoms with Crippen molar-refractivity contribution >= 4 is 17.6 Å². The molecule has 0 spiro atoms. The van der Waals surface area contributed by atoms with Gasteiger partial charge in [0.05, 0.1) is 18.0 Å². The maximum absolute atomic E-state index is 7.63. The number of aromatic nitrogens is 1. The van der Waals surface area contributed by atoms with Crippen LogP contribution in [0.3, 0.4) is 0 Å². The van der Waals surface area contributed by atoms with Crippen molar-refractivity contribution < 1.29 is 4.42 Å². The number of nitrogens with one attached hydrogen (secondary N) is 1. The minimum atomic E-state index is -0.104. The van der Waals surface area contributed by atoms with Crippen LogP contribution in [0, 0.1) is 5.41 Å². The summed E-state index contributed by atoms with van der Waals surface area (Å²) in [5.41, 5.74) is 6.67. The minimum Gasteiger partial charge on any atom is -0.440 e. The third-order valence-electron chi connectivity index (χ3n) is 2.36. The summed E-state index contributed by atoms with van der Waals surface area (Å²) in [4.78, 5) is 4.03. The van der Waals surface area contributed by atoms with Crippen molar-refractivity contribution in [1.82, 2.24) is 4.98 Å². The molecule has 1 heterocycles. The molecule has 0 fully saturated rings. The van der Waals surface area contributed by atoms with Gasteiger partial charge >= 0.3 is 0 Å². The van der Waals surface area contributed by atoms with E-state index in [0.717, 1.165) is 5.56 Å². The molecule has 1 atom stereocenters. The fourth-order valence-corrected chi connectivity index (χ4v) is 2.43. The molecule has 0 aliphatic rings. The molecule has 5 heteroatoms. The van der Waals surface area contributed by atoms with Gasteiger partial charge in [-0.3, -0.25) is 5.41 Å². The highest BCUT2D eigenvalue weighted by molar-refractivity contribution is 7.99. The Kier molecular flexibility index (Phi) is 3.82. The van der Waals surface area contributed by atoms with Crippen LogP contribution in [0.4, 0.5) is 0 Å². The van der Waals surface area contributed by atoms with Gasteiger partial charge in [0.25, 0.3) is 5.22 Å². The van der Waals surface area contributed by atoms with Crippen molar-refractivity contribution in [1.29, 1.82) is 5.41 Å². The Hall–Kier alpha value is -1.75. The van der Waals surface area contributed by atoms with Crippen LogP contribution < -0.4 is 5.73 Å². The van der Waals surface area contributed by atoms with E-state index in [2.05, 4.69) is 4.98 Å². The van der Waals surface area contributed by atoms with Gasteiger partial charge in [-0.15, -0.1) is 0 Å². The molecule has 88 valence electrons. The van der Waals surface area contributed by atoms with E-state index in [9.17, 15) is 0 Å². The Labute approximate surface area is 104 Å². The van der Waals surface area contributed by atoms with Crippen LogP contribution in [0.5, 0.6) is 0 Å². The fraction of sp³-hybridized carbons (Fsp3) is 0.167. The molecule has 2 rings (SSSR count). The molecule has 0 aliphatic heterocycles. The first-order chi connectivity index (χ1) is 8.27. The summed E-state index contributed by atoms with van der Waals surface area (Å²) < 4.78 is 5.14. The van der Waals surface area contributed by atoms with Crippen LogP contribution >= 0.6 is 11.8 Å². The number of hydrogen-bond acceptors (Lipinski definition) is 4. The van der Waals surface area contributed by atoms with Gasteiger partial charge in [0.2, 0.25) is 0 Å². The summed E-state index contributed by atoms with van der Waals surface area (Å²) in [6, 6.07) is 9.79. The van der Waals surface area contributed by atoms with Crippen LogP contribution in [-0.4, -0.2) is 16.6 Å². The molecule has 0 aliphatic carbocycles. The zero-order valence-electron chi connectivity index (χ0n) is 9.17. The monoisotopic (exact) mass is 247 g/mol. The van der Waals surface area contributed by atoms with Gasteiger partial charge in [0, 0.05) is 5.75 Å². The molecule has 0 saturated heterocycles. The lowest BCUT2D eigenvalue weighted by molar-refractivity contribution is 0.454. The Morgan fingerprint density at radius 2 is 2.18 bits per heavy atom. The summed E-state index contributed by atoms with van der Waals surface area (Å²) in [5.74, 6) is 0.711. The number of nitrogens with two attached hydrogens (primary N) is 1. The maximum Gasteiger partial charge on any atom is 0.255 e. The van der Waals surface area contributed by atoms with Crippen LogP contribution in [0.25, 0.3) is 0 Å². The van der Waals surface area contributed by atoms with E-state index in [1.54, 1.807) is 6.20 Å². The molecule has 2 aromatic rings. The topological polar surface area (TPSA) is 75.9 Å². The highest BCUT2D eigenvalue weighted by atomic mass is 32.2. The molecule has 1 aromatic carbocycles. The lowest BCUT2D eigenvalue weighted by Gasteiger charge is -2.14. The van der Waals surface area contributed by atoms with E-state index in [4.69, 9.17) is 15.6 Å². The van der Waals surface area contributed by atoms with E-state index in [1.165, 1.54) is 18.0 Å². The average molecular weight is 247 g/mol. The normalized spacial score (nSPS) is 12.2. The summed E-state index contributed by atoms with van der Waals surface area (Å²) in [6.45, 7) is 0. The van der Waals surface area contributed by atoms with Crippen molar-refractivity contribution in [3.63, 3.8) is 0 Å². The number of hydrogen-bond donors (Lipinski definition) is 2. The molecule has 0 amide bonds. The largest absolute Gasteiger partial charge is 0.440 e. The quantitative estimate of drug-likeness (QED) is 0.483. The molecule has 4 nitrogen and oxygen atoms in total. The SMILES string of the molecule is N=C(N)C(CSc1ncco1)c1ccccc1. The number of benzene rings is 1. The van der Waals surface area contributed by atoms with Gasteiger partial charge in [0.15, 0.2) is 0 Å². The lowest BCUT2D eigenvalue weighted by Crippen LogP contribution is -2.22.